The van der Waals surface area contributed by atoms with Crippen molar-refractivity contribution in [2.75, 3.05) is 36.6 Å². The van der Waals surface area contributed by atoms with E-state index in [2.05, 4.69) is 32.2 Å². The normalized spacial score (nSPS) is 22.6. The van der Waals surface area contributed by atoms with E-state index in [0.717, 1.165) is 33.9 Å². The van der Waals surface area contributed by atoms with Crippen LogP contribution in [-0.2, 0) is 31.3 Å². The molecule has 3 heterocycles. The minimum Gasteiger partial charge on any atom is -0.497 e. The molecule has 1 N–H and O–H groups in total. The Kier molecular flexibility index (Phi) is 9.34. The third-order valence-corrected chi connectivity index (χ3v) is 15.6. The lowest BCUT2D eigenvalue weighted by Crippen LogP contribution is -2.52. The Labute approximate surface area is 300 Å². The molecule has 51 heavy (non-hydrogen) atoms. The number of nitrogens with zero attached hydrogens (tertiary/aromatic N) is 3. The fourth-order valence-corrected chi connectivity index (χ4v) is 12.5. The largest absolute Gasteiger partial charge is 0.497 e. The monoisotopic (exact) mass is 703 g/mol. The van der Waals surface area contributed by atoms with Crippen molar-refractivity contribution in [2.24, 2.45) is 5.92 Å². The second-order valence-electron chi connectivity index (χ2n) is 14.4. The summed E-state index contributed by atoms with van der Waals surface area (Å²) in [5.74, 6) is 0.137. The molecule has 0 unspecified atom stereocenters. The molecular weight excluding hydrogens is 659 g/mol. The van der Waals surface area contributed by atoms with Gasteiger partial charge in [-0.3, -0.25) is 19.3 Å². The number of carbonyl (C=O) groups is 3. The SMILES string of the molecule is COc1ccc([Si](C)(C)[C@@H]2[C@@H](CC(=O)N(CCO)Cc3ccccc3)O[C@]3(C(=O)N(c4ccccc4)c4ccc(N5CCC5=O)cc43)[C@H]2C)cc1. The first-order chi connectivity index (χ1) is 24.6. The highest BCUT2D eigenvalue weighted by molar-refractivity contribution is 6.91. The number of hydrogen-bond acceptors (Lipinski definition) is 6. The molecule has 0 aromatic heterocycles. The van der Waals surface area contributed by atoms with Gasteiger partial charge in [0.15, 0.2) is 5.60 Å². The van der Waals surface area contributed by atoms with Gasteiger partial charge in [0.05, 0.1) is 40.0 Å². The Morgan fingerprint density at radius 1 is 0.961 bits per heavy atom. The molecule has 0 radical (unpaired) electrons. The second-order valence-corrected chi connectivity index (χ2v) is 19.0. The van der Waals surface area contributed by atoms with Crippen LogP contribution in [0.3, 0.4) is 0 Å². The Morgan fingerprint density at radius 3 is 2.25 bits per heavy atom. The van der Waals surface area contributed by atoms with Gasteiger partial charge in [0.25, 0.3) is 5.91 Å². The van der Waals surface area contributed by atoms with E-state index in [0.29, 0.717) is 19.5 Å². The molecule has 0 saturated carbocycles. The molecule has 0 bridgehead atoms. The van der Waals surface area contributed by atoms with E-state index < -0.39 is 19.8 Å². The van der Waals surface area contributed by atoms with E-state index in [-0.39, 0.29) is 48.8 Å². The molecule has 3 aliphatic heterocycles. The Bertz CT molecular complexity index is 1920. The third-order valence-electron chi connectivity index (χ3n) is 11.2. The summed E-state index contributed by atoms with van der Waals surface area (Å²) in [4.78, 5) is 47.3. The van der Waals surface area contributed by atoms with E-state index in [1.165, 1.54) is 5.19 Å². The summed E-state index contributed by atoms with van der Waals surface area (Å²) in [6, 6.07) is 33.2. The molecule has 4 aromatic rings. The van der Waals surface area contributed by atoms with Crippen LogP contribution in [-0.4, -0.2) is 68.7 Å². The summed E-state index contributed by atoms with van der Waals surface area (Å²) in [5, 5.41) is 11.2. The van der Waals surface area contributed by atoms with E-state index in [9.17, 15) is 14.7 Å². The minimum absolute atomic E-state index is 0.0467. The number of methoxy groups -OCH3 is 1. The van der Waals surface area contributed by atoms with Crippen LogP contribution in [0.1, 0.15) is 30.9 Å². The summed E-state index contributed by atoms with van der Waals surface area (Å²) in [6.07, 6.45) is -0.0603. The molecule has 3 aliphatic rings. The van der Waals surface area contributed by atoms with Crippen molar-refractivity contribution in [2.45, 2.75) is 56.7 Å². The predicted molar refractivity (Wildman–Crippen MR) is 200 cm³/mol. The standard InChI is InChI=1S/C41H45N3O6Si/c1-28-39(51(3,4)33-18-16-32(49-2)17-19-33)36(26-38(47)42(23-24-45)27-29-11-7-5-8-12-29)50-41(28)34-25-31(43-22-21-37(43)46)15-20-35(34)44(40(41)48)30-13-9-6-10-14-30/h5-20,25,28,36,39,45H,21-24,26-27H2,1-4H3/t28-,36+,39-,41+/m0/s1. The van der Waals surface area contributed by atoms with Crippen LogP contribution < -0.4 is 19.7 Å². The number of para-hydroxylation sites is 1. The Morgan fingerprint density at radius 2 is 1.65 bits per heavy atom. The first-order valence-electron chi connectivity index (χ1n) is 17.7. The van der Waals surface area contributed by atoms with Crippen molar-refractivity contribution in [3.05, 3.63) is 114 Å². The summed E-state index contributed by atoms with van der Waals surface area (Å²) >= 11 is 0. The number of anilines is 3. The van der Waals surface area contributed by atoms with Crippen LogP contribution >= 0.6 is 0 Å². The maximum absolute atomic E-state index is 15.2. The zero-order valence-electron chi connectivity index (χ0n) is 29.6. The molecule has 4 atom stereocenters. The summed E-state index contributed by atoms with van der Waals surface area (Å²) in [5.41, 5.74) is 2.30. The Hall–Kier alpha value is -4.77. The van der Waals surface area contributed by atoms with Gasteiger partial charge in [-0.1, -0.05) is 85.9 Å². The van der Waals surface area contributed by atoms with Crippen LogP contribution in [0.25, 0.3) is 0 Å². The molecule has 2 saturated heterocycles. The van der Waals surface area contributed by atoms with Crippen LogP contribution in [0.2, 0.25) is 18.6 Å². The average molecular weight is 704 g/mol. The lowest BCUT2D eigenvalue weighted by molar-refractivity contribution is -0.149. The number of amides is 3. The highest BCUT2D eigenvalue weighted by atomic mass is 28.3. The van der Waals surface area contributed by atoms with Gasteiger partial charge in [-0.15, -0.1) is 0 Å². The van der Waals surface area contributed by atoms with Crippen molar-refractivity contribution in [1.29, 1.82) is 0 Å². The van der Waals surface area contributed by atoms with Gasteiger partial charge in [0.1, 0.15) is 5.75 Å². The molecule has 9 nitrogen and oxygen atoms in total. The zero-order chi connectivity index (χ0) is 35.9. The quantitative estimate of drug-likeness (QED) is 0.158. The number of fused-ring (bicyclic) bond motifs is 2. The summed E-state index contributed by atoms with van der Waals surface area (Å²) < 4.78 is 12.7. The molecule has 2 fully saturated rings. The van der Waals surface area contributed by atoms with Crippen LogP contribution in [0.5, 0.6) is 5.75 Å². The summed E-state index contributed by atoms with van der Waals surface area (Å²) in [7, 11) is -0.880. The summed E-state index contributed by atoms with van der Waals surface area (Å²) in [6.45, 7) is 7.66. The van der Waals surface area contributed by atoms with Gasteiger partial charge in [-0.25, -0.2) is 0 Å². The van der Waals surface area contributed by atoms with Crippen LogP contribution in [0, 0.1) is 5.92 Å². The highest BCUT2D eigenvalue weighted by Crippen LogP contribution is 2.61. The molecular formula is C41H45N3O6Si. The number of ether oxygens (including phenoxy) is 2. The predicted octanol–water partition coefficient (Wildman–Crippen LogP) is 5.74. The number of hydrogen-bond donors (Lipinski definition) is 1. The van der Waals surface area contributed by atoms with Gasteiger partial charge >= 0.3 is 0 Å². The lowest BCUT2D eigenvalue weighted by atomic mass is 9.82. The van der Waals surface area contributed by atoms with Crippen molar-refractivity contribution in [3.63, 3.8) is 0 Å². The van der Waals surface area contributed by atoms with Crippen molar-refractivity contribution in [1.82, 2.24) is 4.90 Å². The van der Waals surface area contributed by atoms with E-state index in [1.54, 1.807) is 21.8 Å². The molecule has 7 rings (SSSR count). The van der Waals surface area contributed by atoms with Gasteiger partial charge in [-0.2, -0.15) is 0 Å². The first kappa shape index (κ1) is 34.7. The van der Waals surface area contributed by atoms with E-state index in [4.69, 9.17) is 9.47 Å². The lowest BCUT2D eigenvalue weighted by Gasteiger charge is -2.37. The minimum atomic E-state index is -2.53. The molecule has 1 spiro atoms. The molecule has 10 heteroatoms. The topological polar surface area (TPSA) is 99.6 Å². The second kappa shape index (κ2) is 13.7. The van der Waals surface area contributed by atoms with Crippen LogP contribution in [0.15, 0.2) is 103 Å². The van der Waals surface area contributed by atoms with Crippen molar-refractivity contribution >= 4 is 48.0 Å². The highest BCUT2D eigenvalue weighted by Gasteiger charge is 2.67. The van der Waals surface area contributed by atoms with Gasteiger partial charge in [0.2, 0.25) is 11.8 Å². The molecule has 4 aromatic carbocycles. The van der Waals surface area contributed by atoms with Crippen molar-refractivity contribution in [3.8, 4) is 5.75 Å². The fraction of sp³-hybridized carbons (Fsp3) is 0.341. The van der Waals surface area contributed by atoms with Crippen LogP contribution in [0.4, 0.5) is 17.1 Å². The van der Waals surface area contributed by atoms with E-state index >= 15 is 4.79 Å². The van der Waals surface area contributed by atoms with Gasteiger partial charge in [-0.05, 0) is 53.6 Å². The van der Waals surface area contributed by atoms with Crippen molar-refractivity contribution < 1.29 is 29.0 Å². The number of aliphatic hydroxyl groups is 1. The van der Waals surface area contributed by atoms with Gasteiger partial charge < -0.3 is 24.4 Å². The smallest absolute Gasteiger partial charge is 0.268 e. The molecule has 3 amide bonds. The van der Waals surface area contributed by atoms with Gasteiger partial charge in [0, 0.05) is 48.9 Å². The number of β-lactam (4-membered cyclic amide) rings is 1. The number of rotatable bonds is 11. The molecule has 264 valence electrons. The molecule has 0 aliphatic carbocycles. The average Bonchev–Trinajstić information content (AvgIpc) is 3.57. The number of aliphatic hydroxyl groups excluding tert-OH is 1. The third kappa shape index (κ3) is 5.95. The first-order valence-corrected chi connectivity index (χ1v) is 20.8. The van der Waals surface area contributed by atoms with E-state index in [1.807, 2.05) is 91.0 Å². The maximum atomic E-state index is 15.2. The number of benzene rings is 4. The Balaban J connectivity index is 1.35. The maximum Gasteiger partial charge on any atom is 0.268 e. The number of carbonyl (C=O) groups excluding carboxylic acids is 3. The fourth-order valence-electron chi connectivity index (χ4n) is 8.53. The zero-order valence-corrected chi connectivity index (χ0v) is 30.6.